The van der Waals surface area contributed by atoms with E-state index >= 15 is 0 Å². The zero-order valence-corrected chi connectivity index (χ0v) is 17.8. The Morgan fingerprint density at radius 3 is 2.42 bits per heavy atom. The lowest BCUT2D eigenvalue weighted by Gasteiger charge is -2.17. The fourth-order valence-corrected chi connectivity index (χ4v) is 3.98. The van der Waals surface area contributed by atoms with Gasteiger partial charge >= 0.3 is 0 Å². The van der Waals surface area contributed by atoms with Gasteiger partial charge in [-0.2, -0.15) is 0 Å². The molecule has 4 aromatic rings. The summed E-state index contributed by atoms with van der Waals surface area (Å²) in [7, 11) is 0. The van der Waals surface area contributed by atoms with Crippen molar-refractivity contribution in [1.82, 2.24) is 14.8 Å². The third-order valence-electron chi connectivity index (χ3n) is 4.50. The SMILES string of the molecule is CCOc1ccccc1NC(=O)C(Sc1ncn(-c2ccccc2)n1)c1ccccc1. The van der Waals surface area contributed by atoms with Crippen LogP contribution in [-0.2, 0) is 4.79 Å². The number of benzene rings is 3. The van der Waals surface area contributed by atoms with Crippen LogP contribution in [0.25, 0.3) is 5.69 Å². The molecule has 156 valence electrons. The molecule has 1 amide bonds. The maximum atomic E-state index is 13.3. The zero-order chi connectivity index (χ0) is 21.5. The Morgan fingerprint density at radius 1 is 1.00 bits per heavy atom. The summed E-state index contributed by atoms with van der Waals surface area (Å²) in [6, 6.07) is 26.8. The second-order valence-corrected chi connectivity index (χ2v) is 7.71. The van der Waals surface area contributed by atoms with Crippen molar-refractivity contribution in [2.75, 3.05) is 11.9 Å². The van der Waals surface area contributed by atoms with Crippen molar-refractivity contribution in [3.05, 3.63) is 96.8 Å². The van der Waals surface area contributed by atoms with Crippen molar-refractivity contribution in [3.63, 3.8) is 0 Å². The van der Waals surface area contributed by atoms with E-state index in [2.05, 4.69) is 15.4 Å². The molecule has 0 saturated heterocycles. The average Bonchev–Trinajstić information content (AvgIpc) is 3.29. The molecule has 0 bridgehead atoms. The second kappa shape index (κ2) is 9.95. The largest absolute Gasteiger partial charge is 0.492 e. The lowest BCUT2D eigenvalue weighted by atomic mass is 10.1. The van der Waals surface area contributed by atoms with Crippen LogP contribution >= 0.6 is 11.8 Å². The van der Waals surface area contributed by atoms with Crippen molar-refractivity contribution in [2.24, 2.45) is 0 Å². The van der Waals surface area contributed by atoms with Crippen LogP contribution in [0, 0.1) is 0 Å². The number of nitrogens with one attached hydrogen (secondary N) is 1. The van der Waals surface area contributed by atoms with Gasteiger partial charge in [0.2, 0.25) is 11.1 Å². The number of amides is 1. The van der Waals surface area contributed by atoms with Gasteiger partial charge in [0.05, 0.1) is 18.0 Å². The minimum Gasteiger partial charge on any atom is -0.492 e. The van der Waals surface area contributed by atoms with Crippen LogP contribution < -0.4 is 10.1 Å². The van der Waals surface area contributed by atoms with Crippen LogP contribution in [0.3, 0.4) is 0 Å². The summed E-state index contributed by atoms with van der Waals surface area (Å²) >= 11 is 1.31. The molecular formula is C24H22N4O2S. The third kappa shape index (κ3) is 5.13. The summed E-state index contributed by atoms with van der Waals surface area (Å²) in [5.41, 5.74) is 2.42. The molecule has 0 fully saturated rings. The number of carbonyl (C=O) groups excluding carboxylic acids is 1. The van der Waals surface area contributed by atoms with Gasteiger partial charge in [-0.15, -0.1) is 5.10 Å². The molecule has 0 saturated carbocycles. The standard InChI is InChI=1S/C24H22N4O2S/c1-2-30-21-16-10-9-15-20(21)26-23(29)22(18-11-5-3-6-12-18)31-24-25-17-28(27-24)19-13-7-4-8-14-19/h3-17,22H,2H2,1H3,(H,26,29). The molecule has 0 radical (unpaired) electrons. The molecule has 1 aromatic heterocycles. The van der Waals surface area contributed by atoms with Crippen molar-refractivity contribution in [1.29, 1.82) is 0 Å². The molecule has 1 unspecified atom stereocenters. The second-order valence-electron chi connectivity index (χ2n) is 6.63. The Balaban J connectivity index is 1.59. The van der Waals surface area contributed by atoms with Crippen LogP contribution in [0.4, 0.5) is 5.69 Å². The van der Waals surface area contributed by atoms with E-state index < -0.39 is 5.25 Å². The highest BCUT2D eigenvalue weighted by atomic mass is 32.2. The number of hydrogen-bond donors (Lipinski definition) is 1. The predicted octanol–water partition coefficient (Wildman–Crippen LogP) is 5.14. The highest BCUT2D eigenvalue weighted by Crippen LogP contribution is 2.35. The molecule has 7 heteroatoms. The van der Waals surface area contributed by atoms with Gasteiger partial charge in [0.1, 0.15) is 17.3 Å². The van der Waals surface area contributed by atoms with E-state index in [4.69, 9.17) is 4.74 Å². The Morgan fingerprint density at radius 2 is 1.68 bits per heavy atom. The van der Waals surface area contributed by atoms with Gasteiger partial charge in [0.25, 0.3) is 0 Å². The molecule has 4 rings (SSSR count). The molecule has 0 aliphatic heterocycles. The van der Waals surface area contributed by atoms with Gasteiger partial charge in [0.15, 0.2) is 0 Å². The summed E-state index contributed by atoms with van der Waals surface area (Å²) in [5, 5.41) is 7.55. The van der Waals surface area contributed by atoms with Crippen molar-refractivity contribution in [3.8, 4) is 11.4 Å². The van der Waals surface area contributed by atoms with E-state index in [0.717, 1.165) is 11.3 Å². The first-order valence-corrected chi connectivity index (χ1v) is 10.8. The number of anilines is 1. The Labute approximate surface area is 185 Å². The maximum Gasteiger partial charge on any atom is 0.242 e. The zero-order valence-electron chi connectivity index (χ0n) is 17.0. The fourth-order valence-electron chi connectivity index (χ4n) is 3.06. The molecule has 6 nitrogen and oxygen atoms in total. The van der Waals surface area contributed by atoms with Gasteiger partial charge < -0.3 is 10.1 Å². The number of hydrogen-bond acceptors (Lipinski definition) is 5. The van der Waals surface area contributed by atoms with Crippen LogP contribution in [0.2, 0.25) is 0 Å². The maximum absolute atomic E-state index is 13.3. The van der Waals surface area contributed by atoms with Gasteiger partial charge in [-0.25, -0.2) is 9.67 Å². The number of aromatic nitrogens is 3. The van der Waals surface area contributed by atoms with E-state index in [0.29, 0.717) is 23.2 Å². The number of rotatable bonds is 8. The van der Waals surface area contributed by atoms with Gasteiger partial charge in [-0.05, 0) is 36.8 Å². The van der Waals surface area contributed by atoms with E-state index in [9.17, 15) is 4.79 Å². The Bertz CT molecular complexity index is 1130. The van der Waals surface area contributed by atoms with Crippen molar-refractivity contribution >= 4 is 23.4 Å². The highest BCUT2D eigenvalue weighted by molar-refractivity contribution is 8.00. The molecule has 0 aliphatic rings. The highest BCUT2D eigenvalue weighted by Gasteiger charge is 2.25. The number of ether oxygens (including phenoxy) is 1. The molecule has 0 spiro atoms. The first-order chi connectivity index (χ1) is 15.2. The van der Waals surface area contributed by atoms with Crippen LogP contribution in [-0.4, -0.2) is 27.3 Å². The summed E-state index contributed by atoms with van der Waals surface area (Å²) in [4.78, 5) is 17.7. The minimum absolute atomic E-state index is 0.167. The molecule has 1 atom stereocenters. The fraction of sp³-hybridized carbons (Fsp3) is 0.125. The monoisotopic (exact) mass is 430 g/mol. The Kier molecular flexibility index (Phi) is 6.64. The van der Waals surface area contributed by atoms with Crippen molar-refractivity contribution < 1.29 is 9.53 Å². The number of thioether (sulfide) groups is 1. The average molecular weight is 431 g/mol. The van der Waals surface area contributed by atoms with Crippen LogP contribution in [0.5, 0.6) is 5.75 Å². The molecule has 31 heavy (non-hydrogen) atoms. The molecule has 0 aliphatic carbocycles. The van der Waals surface area contributed by atoms with Crippen LogP contribution in [0.15, 0.2) is 96.4 Å². The first kappa shape index (κ1) is 20.7. The van der Waals surface area contributed by atoms with E-state index in [1.165, 1.54) is 11.8 Å². The quantitative estimate of drug-likeness (QED) is 0.392. The lowest BCUT2D eigenvalue weighted by molar-refractivity contribution is -0.115. The van der Waals surface area contributed by atoms with E-state index in [1.807, 2.05) is 91.9 Å². The normalized spacial score (nSPS) is 11.6. The lowest BCUT2D eigenvalue weighted by Crippen LogP contribution is -2.19. The first-order valence-electron chi connectivity index (χ1n) is 9.96. The topological polar surface area (TPSA) is 69.0 Å². The molecule has 1 heterocycles. The number of para-hydroxylation sites is 3. The van der Waals surface area contributed by atoms with Gasteiger partial charge in [0, 0.05) is 0 Å². The molecular weight excluding hydrogens is 408 g/mol. The predicted molar refractivity (Wildman–Crippen MR) is 123 cm³/mol. The van der Waals surface area contributed by atoms with E-state index in [-0.39, 0.29) is 5.91 Å². The smallest absolute Gasteiger partial charge is 0.242 e. The van der Waals surface area contributed by atoms with Gasteiger partial charge in [-0.3, -0.25) is 4.79 Å². The van der Waals surface area contributed by atoms with Gasteiger partial charge in [-0.1, -0.05) is 72.4 Å². The summed E-state index contributed by atoms with van der Waals surface area (Å²) in [6.45, 7) is 2.43. The molecule has 3 aromatic carbocycles. The Hall–Kier alpha value is -3.58. The summed E-state index contributed by atoms with van der Waals surface area (Å²) in [6.07, 6.45) is 1.65. The third-order valence-corrected chi connectivity index (χ3v) is 5.62. The van der Waals surface area contributed by atoms with Crippen LogP contribution in [0.1, 0.15) is 17.7 Å². The number of carbonyl (C=O) groups is 1. The van der Waals surface area contributed by atoms with Crippen molar-refractivity contribution in [2.45, 2.75) is 17.3 Å². The minimum atomic E-state index is -0.525. The number of nitrogens with zero attached hydrogens (tertiary/aromatic N) is 3. The summed E-state index contributed by atoms with van der Waals surface area (Å²) < 4.78 is 7.35. The molecule has 1 N–H and O–H groups in total. The summed E-state index contributed by atoms with van der Waals surface area (Å²) in [5.74, 6) is 0.473. The van der Waals surface area contributed by atoms with E-state index in [1.54, 1.807) is 11.0 Å².